The van der Waals surface area contributed by atoms with Crippen molar-refractivity contribution in [2.45, 2.75) is 45.1 Å². The van der Waals surface area contributed by atoms with Crippen molar-refractivity contribution in [1.29, 1.82) is 0 Å². The van der Waals surface area contributed by atoms with Crippen LogP contribution >= 0.6 is 0 Å². The first kappa shape index (κ1) is 25.5. The zero-order valence-corrected chi connectivity index (χ0v) is 21.9. The van der Waals surface area contributed by atoms with Crippen LogP contribution in [0.3, 0.4) is 0 Å². The number of benzene rings is 3. The Kier molecular flexibility index (Phi) is 8.02. The predicted octanol–water partition coefficient (Wildman–Crippen LogP) is 5.17. The number of para-hydroxylation sites is 3. The van der Waals surface area contributed by atoms with Gasteiger partial charge in [0, 0.05) is 30.8 Å². The second-order valence-corrected chi connectivity index (χ2v) is 9.68. The molecule has 38 heavy (non-hydrogen) atoms. The van der Waals surface area contributed by atoms with Crippen LogP contribution in [0.2, 0.25) is 0 Å². The summed E-state index contributed by atoms with van der Waals surface area (Å²) < 4.78 is 7.28. The van der Waals surface area contributed by atoms with E-state index in [1.165, 1.54) is 5.56 Å². The molecule has 0 fully saturated rings. The Bertz CT molecular complexity index is 1430. The summed E-state index contributed by atoms with van der Waals surface area (Å²) in [6.07, 6.45) is 5.53. The number of carbonyl (C=O) groups excluding carboxylic acids is 2. The van der Waals surface area contributed by atoms with Gasteiger partial charge in [0.25, 0.3) is 5.91 Å². The number of imidazole rings is 1. The number of aromatic nitrogens is 2. The van der Waals surface area contributed by atoms with Crippen LogP contribution in [0.25, 0.3) is 11.0 Å². The van der Waals surface area contributed by atoms with Gasteiger partial charge >= 0.3 is 0 Å². The molecule has 0 atom stereocenters. The summed E-state index contributed by atoms with van der Waals surface area (Å²) in [5, 5.41) is 2.99. The Labute approximate surface area is 223 Å². The summed E-state index contributed by atoms with van der Waals surface area (Å²) in [7, 11) is 1.59. The van der Waals surface area contributed by atoms with Gasteiger partial charge in [-0.05, 0) is 67.6 Å². The lowest BCUT2D eigenvalue weighted by molar-refractivity contribution is -0.119. The number of ether oxygens (including phenoxy) is 1. The topological polar surface area (TPSA) is 76.5 Å². The minimum Gasteiger partial charge on any atom is -0.497 e. The highest BCUT2D eigenvalue weighted by molar-refractivity contribution is 5.95. The monoisotopic (exact) mass is 510 g/mol. The Morgan fingerprint density at radius 2 is 1.82 bits per heavy atom. The van der Waals surface area contributed by atoms with Crippen LogP contribution in [0.1, 0.15) is 47.4 Å². The Hall–Kier alpha value is -4.13. The molecule has 0 spiro atoms. The lowest BCUT2D eigenvalue weighted by Gasteiger charge is -2.29. The number of nitrogens with zero attached hydrogens (tertiary/aromatic N) is 3. The van der Waals surface area contributed by atoms with Crippen LogP contribution in [0.15, 0.2) is 72.8 Å². The maximum absolute atomic E-state index is 13.5. The number of methoxy groups -OCH3 is 1. The van der Waals surface area contributed by atoms with E-state index in [2.05, 4.69) is 16.0 Å². The van der Waals surface area contributed by atoms with Crippen molar-refractivity contribution in [3.8, 4) is 5.75 Å². The zero-order chi connectivity index (χ0) is 26.3. The fourth-order valence-electron chi connectivity index (χ4n) is 5.16. The van der Waals surface area contributed by atoms with Crippen molar-refractivity contribution in [3.05, 3.63) is 89.7 Å². The van der Waals surface area contributed by atoms with E-state index in [0.29, 0.717) is 17.9 Å². The van der Waals surface area contributed by atoms with E-state index >= 15 is 0 Å². The first-order valence-corrected chi connectivity index (χ1v) is 13.4. The molecule has 196 valence electrons. The van der Waals surface area contributed by atoms with Crippen LogP contribution in [0.5, 0.6) is 5.75 Å². The average Bonchev–Trinajstić information content (AvgIpc) is 3.31. The van der Waals surface area contributed by atoms with Crippen molar-refractivity contribution >= 4 is 28.5 Å². The quantitative estimate of drug-likeness (QED) is 0.299. The van der Waals surface area contributed by atoms with Gasteiger partial charge < -0.3 is 19.5 Å². The van der Waals surface area contributed by atoms with Crippen molar-refractivity contribution in [2.75, 3.05) is 25.1 Å². The molecule has 7 nitrogen and oxygen atoms in total. The summed E-state index contributed by atoms with van der Waals surface area (Å²) in [5.41, 5.74) is 4.78. The molecule has 1 aliphatic heterocycles. The number of hydrogen-bond donors (Lipinski definition) is 1. The maximum Gasteiger partial charge on any atom is 0.251 e. The van der Waals surface area contributed by atoms with E-state index in [-0.39, 0.29) is 18.4 Å². The summed E-state index contributed by atoms with van der Waals surface area (Å²) in [4.78, 5) is 32.7. The number of anilines is 1. The number of nitrogens with one attached hydrogen (secondary N) is 1. The zero-order valence-electron chi connectivity index (χ0n) is 21.9. The van der Waals surface area contributed by atoms with E-state index in [0.717, 1.165) is 67.6 Å². The summed E-state index contributed by atoms with van der Waals surface area (Å²) >= 11 is 0. The molecule has 4 aromatic rings. The molecule has 0 saturated carbocycles. The van der Waals surface area contributed by atoms with E-state index < -0.39 is 0 Å². The minimum atomic E-state index is -0.0940. The molecule has 0 aliphatic carbocycles. The second-order valence-electron chi connectivity index (χ2n) is 9.68. The molecule has 7 heteroatoms. The number of aryl methyl sites for hydroxylation is 2. The third kappa shape index (κ3) is 5.72. The van der Waals surface area contributed by atoms with Gasteiger partial charge in [-0.3, -0.25) is 9.59 Å². The molecule has 0 radical (unpaired) electrons. The van der Waals surface area contributed by atoms with Crippen LogP contribution in [0, 0.1) is 0 Å². The summed E-state index contributed by atoms with van der Waals surface area (Å²) in [6, 6.07) is 23.4. The number of amides is 2. The predicted molar refractivity (Wildman–Crippen MR) is 150 cm³/mol. The highest BCUT2D eigenvalue weighted by Crippen LogP contribution is 2.27. The first-order valence-electron chi connectivity index (χ1n) is 13.4. The van der Waals surface area contributed by atoms with Crippen LogP contribution in [-0.4, -0.2) is 41.6 Å². The van der Waals surface area contributed by atoms with Crippen molar-refractivity contribution in [1.82, 2.24) is 14.9 Å². The van der Waals surface area contributed by atoms with Crippen molar-refractivity contribution in [3.63, 3.8) is 0 Å². The molecule has 0 bridgehead atoms. The number of rotatable bonds is 10. The van der Waals surface area contributed by atoms with Gasteiger partial charge in [-0.2, -0.15) is 0 Å². The molecule has 5 rings (SSSR count). The minimum absolute atomic E-state index is 0.0940. The molecule has 0 unspecified atom stereocenters. The van der Waals surface area contributed by atoms with Gasteiger partial charge in [-0.25, -0.2) is 4.98 Å². The number of carbonyl (C=O) groups is 2. The Morgan fingerprint density at radius 1 is 0.974 bits per heavy atom. The summed E-state index contributed by atoms with van der Waals surface area (Å²) in [5.74, 6) is 1.61. The SMILES string of the molecule is COc1cccc(C(=O)NCCCCCc2nc3ccccc3n2CC(=O)N2CCCc3ccccc32)c1. The molecule has 2 heterocycles. The lowest BCUT2D eigenvalue weighted by atomic mass is 10.0. The van der Waals surface area contributed by atoms with Gasteiger partial charge in [0.15, 0.2) is 0 Å². The highest BCUT2D eigenvalue weighted by atomic mass is 16.5. The number of unbranched alkanes of at least 4 members (excludes halogenated alkanes) is 2. The highest BCUT2D eigenvalue weighted by Gasteiger charge is 2.23. The molecule has 0 saturated heterocycles. The second kappa shape index (κ2) is 11.9. The van der Waals surface area contributed by atoms with Crippen LogP contribution < -0.4 is 15.0 Å². The molecular formula is C31H34N4O3. The lowest BCUT2D eigenvalue weighted by Crippen LogP contribution is -2.38. The van der Waals surface area contributed by atoms with Crippen molar-refractivity contribution < 1.29 is 14.3 Å². The molecule has 1 N–H and O–H groups in total. The largest absolute Gasteiger partial charge is 0.497 e. The third-order valence-electron chi connectivity index (χ3n) is 7.13. The van der Waals surface area contributed by atoms with Gasteiger partial charge in [0.05, 0.1) is 18.1 Å². The fraction of sp³-hybridized carbons (Fsp3) is 0.323. The molecular weight excluding hydrogens is 476 g/mol. The number of fused-ring (bicyclic) bond motifs is 2. The smallest absolute Gasteiger partial charge is 0.251 e. The van der Waals surface area contributed by atoms with Gasteiger partial charge in [0.2, 0.25) is 5.91 Å². The molecule has 2 amide bonds. The molecule has 1 aliphatic rings. The Morgan fingerprint density at radius 3 is 2.71 bits per heavy atom. The molecule has 1 aromatic heterocycles. The first-order chi connectivity index (χ1) is 18.6. The normalized spacial score (nSPS) is 12.8. The van der Waals surface area contributed by atoms with E-state index in [1.807, 2.05) is 59.5 Å². The standard InChI is InChI=1S/C31H34N4O3/c1-38-25-14-9-12-24(21-25)31(37)32-19-8-2-3-18-29-33-26-15-5-7-17-28(26)35(29)22-30(36)34-20-10-13-23-11-4-6-16-27(23)34/h4-7,9,11-12,14-17,21H,2-3,8,10,13,18-20,22H2,1H3,(H,32,37). The Balaban J connectivity index is 1.18. The van der Waals surface area contributed by atoms with Gasteiger partial charge in [0.1, 0.15) is 18.1 Å². The summed E-state index contributed by atoms with van der Waals surface area (Å²) in [6.45, 7) is 1.64. The van der Waals surface area contributed by atoms with Gasteiger partial charge in [-0.15, -0.1) is 0 Å². The maximum atomic E-state index is 13.5. The molecule has 3 aromatic carbocycles. The van der Waals surface area contributed by atoms with Crippen molar-refractivity contribution in [2.24, 2.45) is 0 Å². The van der Waals surface area contributed by atoms with Crippen LogP contribution in [-0.2, 0) is 24.2 Å². The number of hydrogen-bond acceptors (Lipinski definition) is 4. The van der Waals surface area contributed by atoms with Crippen LogP contribution in [0.4, 0.5) is 5.69 Å². The van der Waals surface area contributed by atoms with E-state index in [4.69, 9.17) is 9.72 Å². The average molecular weight is 511 g/mol. The fourth-order valence-corrected chi connectivity index (χ4v) is 5.16. The third-order valence-corrected chi connectivity index (χ3v) is 7.13. The van der Waals surface area contributed by atoms with E-state index in [9.17, 15) is 9.59 Å². The van der Waals surface area contributed by atoms with Gasteiger partial charge in [-0.1, -0.05) is 42.8 Å². The van der Waals surface area contributed by atoms with E-state index in [1.54, 1.807) is 19.2 Å².